The summed E-state index contributed by atoms with van der Waals surface area (Å²) in [5.41, 5.74) is 3.32. The lowest BCUT2D eigenvalue weighted by atomic mass is 10.0. The SMILES string of the molecule is C/C=C(\C)C(CCN(C)/N=N\C(C)C)N(C)c1cccc(CC(=O)OC)c1. The minimum absolute atomic E-state index is 0.195. The summed E-state index contributed by atoms with van der Waals surface area (Å²) < 4.78 is 4.78. The van der Waals surface area contributed by atoms with E-state index >= 15 is 0 Å². The number of carbonyl (C=O) groups is 1. The van der Waals surface area contributed by atoms with Crippen LogP contribution in [0, 0.1) is 0 Å². The Morgan fingerprint density at radius 3 is 2.59 bits per heavy atom. The fraction of sp³-hybridized carbons (Fsp3) is 0.571. The summed E-state index contributed by atoms with van der Waals surface area (Å²) in [5, 5.41) is 10.3. The first kappa shape index (κ1) is 22.7. The maximum Gasteiger partial charge on any atom is 0.309 e. The van der Waals surface area contributed by atoms with Gasteiger partial charge < -0.3 is 9.64 Å². The van der Waals surface area contributed by atoms with Crippen molar-refractivity contribution >= 4 is 11.7 Å². The van der Waals surface area contributed by atoms with Gasteiger partial charge in [0.2, 0.25) is 0 Å². The molecule has 0 bridgehead atoms. The van der Waals surface area contributed by atoms with Crippen LogP contribution in [0.5, 0.6) is 0 Å². The Morgan fingerprint density at radius 2 is 2.00 bits per heavy atom. The smallest absolute Gasteiger partial charge is 0.309 e. The second kappa shape index (κ2) is 11.4. The van der Waals surface area contributed by atoms with E-state index < -0.39 is 0 Å². The van der Waals surface area contributed by atoms with Crippen molar-refractivity contribution in [1.82, 2.24) is 5.01 Å². The average molecular weight is 375 g/mol. The lowest BCUT2D eigenvalue weighted by Gasteiger charge is -2.32. The van der Waals surface area contributed by atoms with Gasteiger partial charge >= 0.3 is 5.97 Å². The van der Waals surface area contributed by atoms with Crippen molar-refractivity contribution in [3.05, 3.63) is 41.5 Å². The number of methoxy groups -OCH3 is 1. The largest absolute Gasteiger partial charge is 0.469 e. The van der Waals surface area contributed by atoms with Gasteiger partial charge in [0.15, 0.2) is 0 Å². The molecule has 0 aliphatic heterocycles. The van der Waals surface area contributed by atoms with Crippen molar-refractivity contribution in [3.63, 3.8) is 0 Å². The highest BCUT2D eigenvalue weighted by Crippen LogP contribution is 2.23. The van der Waals surface area contributed by atoms with E-state index in [1.807, 2.05) is 38.0 Å². The molecule has 1 atom stereocenters. The Labute approximate surface area is 163 Å². The van der Waals surface area contributed by atoms with E-state index in [1.54, 1.807) is 0 Å². The van der Waals surface area contributed by atoms with Crippen molar-refractivity contribution in [2.45, 2.75) is 52.6 Å². The van der Waals surface area contributed by atoms with E-state index in [4.69, 9.17) is 4.74 Å². The lowest BCUT2D eigenvalue weighted by molar-refractivity contribution is -0.139. The Balaban J connectivity index is 2.90. The van der Waals surface area contributed by atoms with Gasteiger partial charge in [0.1, 0.15) is 0 Å². The first-order chi connectivity index (χ1) is 12.8. The third-order valence-corrected chi connectivity index (χ3v) is 4.50. The molecule has 0 radical (unpaired) electrons. The normalized spacial score (nSPS) is 13.1. The molecule has 0 saturated heterocycles. The Hall–Kier alpha value is -2.37. The summed E-state index contributed by atoms with van der Waals surface area (Å²) >= 11 is 0. The van der Waals surface area contributed by atoms with Crippen LogP contribution in [0.15, 0.2) is 46.3 Å². The number of anilines is 1. The summed E-state index contributed by atoms with van der Waals surface area (Å²) in [4.78, 5) is 13.8. The van der Waals surface area contributed by atoms with Gasteiger partial charge in [-0.05, 0) is 51.8 Å². The molecule has 0 heterocycles. The molecule has 0 aromatic heterocycles. The quantitative estimate of drug-likeness (QED) is 0.266. The summed E-state index contributed by atoms with van der Waals surface area (Å²) in [7, 11) is 5.45. The highest BCUT2D eigenvalue weighted by molar-refractivity contribution is 5.73. The van der Waals surface area contributed by atoms with Crippen LogP contribution in [0.1, 0.15) is 39.7 Å². The van der Waals surface area contributed by atoms with Gasteiger partial charge in [-0.15, -0.1) is 0 Å². The van der Waals surface area contributed by atoms with Gasteiger partial charge in [-0.3, -0.25) is 9.80 Å². The Bertz CT molecular complexity index is 655. The van der Waals surface area contributed by atoms with Crippen LogP contribution in [-0.2, 0) is 16.0 Å². The molecular formula is C21H34N4O2. The van der Waals surface area contributed by atoms with Gasteiger partial charge in [-0.2, -0.15) is 5.11 Å². The van der Waals surface area contributed by atoms with Crippen LogP contribution in [-0.4, -0.2) is 50.8 Å². The molecule has 0 N–H and O–H groups in total. The Morgan fingerprint density at radius 1 is 1.30 bits per heavy atom. The summed E-state index contributed by atoms with van der Waals surface area (Å²) in [6.45, 7) is 9.04. The molecule has 150 valence electrons. The van der Waals surface area contributed by atoms with E-state index in [2.05, 4.69) is 54.3 Å². The fourth-order valence-corrected chi connectivity index (χ4v) is 2.77. The molecule has 0 spiro atoms. The van der Waals surface area contributed by atoms with Crippen molar-refractivity contribution in [3.8, 4) is 0 Å². The zero-order valence-corrected chi connectivity index (χ0v) is 17.8. The number of hydrogen-bond donors (Lipinski definition) is 0. The van der Waals surface area contributed by atoms with Gasteiger partial charge in [-0.1, -0.05) is 29.0 Å². The van der Waals surface area contributed by atoms with Crippen LogP contribution in [0.25, 0.3) is 0 Å². The summed E-state index contributed by atoms with van der Waals surface area (Å²) in [6.07, 6.45) is 3.35. The molecule has 1 unspecified atom stereocenters. The molecule has 6 heteroatoms. The first-order valence-corrected chi connectivity index (χ1v) is 9.41. The van der Waals surface area contributed by atoms with Crippen LogP contribution in [0.3, 0.4) is 0 Å². The second-order valence-electron chi connectivity index (χ2n) is 7.05. The van der Waals surface area contributed by atoms with E-state index in [0.29, 0.717) is 0 Å². The number of benzene rings is 1. The average Bonchev–Trinajstić information content (AvgIpc) is 2.65. The number of ether oxygens (including phenoxy) is 1. The monoisotopic (exact) mass is 374 g/mol. The van der Waals surface area contributed by atoms with E-state index in [9.17, 15) is 4.79 Å². The first-order valence-electron chi connectivity index (χ1n) is 9.41. The van der Waals surface area contributed by atoms with Gasteiger partial charge in [-0.25, -0.2) is 0 Å². The number of likely N-dealkylation sites (N-methyl/N-ethyl adjacent to an activating group) is 1. The minimum Gasteiger partial charge on any atom is -0.469 e. The number of allylic oxidation sites excluding steroid dienone is 1. The summed E-state index contributed by atoms with van der Waals surface area (Å²) in [6, 6.07) is 8.48. The predicted molar refractivity (Wildman–Crippen MR) is 111 cm³/mol. The van der Waals surface area contributed by atoms with Crippen LogP contribution < -0.4 is 4.90 Å². The maximum atomic E-state index is 11.6. The van der Waals surface area contributed by atoms with Crippen molar-refractivity contribution < 1.29 is 9.53 Å². The van der Waals surface area contributed by atoms with Crippen molar-refractivity contribution in [2.24, 2.45) is 10.3 Å². The van der Waals surface area contributed by atoms with Gasteiger partial charge in [0.05, 0.1) is 25.6 Å². The zero-order valence-electron chi connectivity index (χ0n) is 17.8. The standard InChI is InChI=1S/C21H34N4O2/c1-8-17(4)20(12-13-24(5)23-22-16(2)3)25(6)19-11-9-10-18(14-19)15-21(26)27-7/h8-11,14,16,20H,12-13,15H2,1-7H3/b17-8+,23-22-. The summed E-state index contributed by atoms with van der Waals surface area (Å²) in [5.74, 6) is -0.229. The van der Waals surface area contributed by atoms with Gasteiger partial charge in [0.25, 0.3) is 0 Å². The number of nitrogens with zero attached hydrogens (tertiary/aromatic N) is 4. The third-order valence-electron chi connectivity index (χ3n) is 4.50. The molecule has 6 nitrogen and oxygen atoms in total. The molecule has 0 aliphatic rings. The lowest BCUT2D eigenvalue weighted by Crippen LogP contribution is -2.35. The molecule has 0 saturated carbocycles. The molecule has 27 heavy (non-hydrogen) atoms. The number of carbonyl (C=O) groups excluding carboxylic acids is 1. The van der Waals surface area contributed by atoms with E-state index in [1.165, 1.54) is 12.7 Å². The topological polar surface area (TPSA) is 57.5 Å². The highest BCUT2D eigenvalue weighted by Gasteiger charge is 2.18. The fourth-order valence-electron chi connectivity index (χ4n) is 2.77. The molecule has 0 aliphatic carbocycles. The van der Waals surface area contributed by atoms with E-state index in [0.717, 1.165) is 24.2 Å². The molecule has 1 aromatic carbocycles. The number of rotatable bonds is 10. The second-order valence-corrected chi connectivity index (χ2v) is 7.05. The van der Waals surface area contributed by atoms with Crippen molar-refractivity contribution in [2.75, 3.05) is 32.6 Å². The molecule has 0 fully saturated rings. The molecule has 1 rings (SSSR count). The van der Waals surface area contributed by atoms with Crippen LogP contribution in [0.2, 0.25) is 0 Å². The number of esters is 1. The maximum absolute atomic E-state index is 11.6. The molecular weight excluding hydrogens is 340 g/mol. The highest BCUT2D eigenvalue weighted by atomic mass is 16.5. The zero-order chi connectivity index (χ0) is 20.4. The molecule has 0 amide bonds. The molecule has 1 aromatic rings. The van der Waals surface area contributed by atoms with Crippen LogP contribution in [0.4, 0.5) is 5.69 Å². The Kier molecular flexibility index (Phi) is 9.54. The minimum atomic E-state index is -0.229. The van der Waals surface area contributed by atoms with Crippen molar-refractivity contribution in [1.29, 1.82) is 0 Å². The predicted octanol–water partition coefficient (Wildman–Crippen LogP) is 4.27. The van der Waals surface area contributed by atoms with E-state index in [-0.39, 0.29) is 24.5 Å². The number of hydrogen-bond acceptors (Lipinski definition) is 5. The van der Waals surface area contributed by atoms with Crippen LogP contribution >= 0.6 is 0 Å². The third kappa shape index (κ3) is 7.81. The van der Waals surface area contributed by atoms with Gasteiger partial charge in [0, 0.05) is 26.3 Å².